The van der Waals surface area contributed by atoms with Gasteiger partial charge in [-0.25, -0.2) is 4.98 Å². The molecule has 0 saturated heterocycles. The summed E-state index contributed by atoms with van der Waals surface area (Å²) in [6.07, 6.45) is 6.12. The van der Waals surface area contributed by atoms with Gasteiger partial charge in [-0.15, -0.1) is 0 Å². The summed E-state index contributed by atoms with van der Waals surface area (Å²) < 4.78 is 0. The fourth-order valence-electron chi connectivity index (χ4n) is 2.06. The summed E-state index contributed by atoms with van der Waals surface area (Å²) in [6, 6.07) is 10.3. The quantitative estimate of drug-likeness (QED) is 0.735. The lowest BCUT2D eigenvalue weighted by molar-refractivity contribution is 0.283. The summed E-state index contributed by atoms with van der Waals surface area (Å²) in [5.74, 6) is 0.968. The van der Waals surface area contributed by atoms with E-state index in [9.17, 15) is 0 Å². The lowest BCUT2D eigenvalue weighted by Crippen LogP contribution is -2.03. The van der Waals surface area contributed by atoms with E-state index in [2.05, 4.69) is 22.4 Å². The van der Waals surface area contributed by atoms with E-state index in [0.29, 0.717) is 6.61 Å². The standard InChI is InChI=1S/C15H20N2O/c18-12-6-2-1-5-10-16-15-14-8-4-3-7-13(14)9-11-17-15/h3-4,7-9,11,18H,1-2,5-6,10,12H2,(H,16,17). The third-order valence-corrected chi connectivity index (χ3v) is 3.05. The minimum Gasteiger partial charge on any atom is -0.396 e. The molecule has 0 unspecified atom stereocenters. The van der Waals surface area contributed by atoms with Crippen molar-refractivity contribution in [2.75, 3.05) is 18.5 Å². The molecule has 2 N–H and O–H groups in total. The van der Waals surface area contributed by atoms with Crippen LogP contribution in [0.2, 0.25) is 0 Å². The molecule has 0 aliphatic carbocycles. The summed E-state index contributed by atoms with van der Waals surface area (Å²) in [5.41, 5.74) is 0. The number of nitrogens with one attached hydrogen (secondary N) is 1. The van der Waals surface area contributed by atoms with Crippen LogP contribution in [0.5, 0.6) is 0 Å². The molecule has 0 aliphatic heterocycles. The number of anilines is 1. The van der Waals surface area contributed by atoms with Crippen molar-refractivity contribution < 1.29 is 5.11 Å². The number of aliphatic hydroxyl groups is 1. The fourth-order valence-corrected chi connectivity index (χ4v) is 2.06. The predicted octanol–water partition coefficient (Wildman–Crippen LogP) is 3.20. The molecule has 18 heavy (non-hydrogen) atoms. The summed E-state index contributed by atoms with van der Waals surface area (Å²) in [7, 11) is 0. The van der Waals surface area contributed by atoms with E-state index in [1.54, 1.807) is 0 Å². The van der Waals surface area contributed by atoms with E-state index < -0.39 is 0 Å². The van der Waals surface area contributed by atoms with Gasteiger partial charge in [0.05, 0.1) is 0 Å². The molecule has 2 rings (SSSR count). The van der Waals surface area contributed by atoms with Gasteiger partial charge in [0.1, 0.15) is 5.82 Å². The maximum Gasteiger partial charge on any atom is 0.133 e. The van der Waals surface area contributed by atoms with Crippen molar-refractivity contribution in [1.82, 2.24) is 4.98 Å². The minimum absolute atomic E-state index is 0.304. The molecule has 0 aliphatic rings. The molecule has 0 saturated carbocycles. The van der Waals surface area contributed by atoms with Gasteiger partial charge in [-0.1, -0.05) is 37.1 Å². The molecule has 0 amide bonds. The van der Waals surface area contributed by atoms with E-state index in [1.165, 1.54) is 10.8 Å². The highest BCUT2D eigenvalue weighted by Gasteiger charge is 2.00. The minimum atomic E-state index is 0.304. The number of aliphatic hydroxyl groups excluding tert-OH is 1. The van der Waals surface area contributed by atoms with Gasteiger partial charge in [0.25, 0.3) is 0 Å². The van der Waals surface area contributed by atoms with Crippen molar-refractivity contribution in [2.45, 2.75) is 25.7 Å². The van der Waals surface area contributed by atoms with Gasteiger partial charge in [-0.2, -0.15) is 0 Å². The first kappa shape index (κ1) is 12.8. The molecular weight excluding hydrogens is 224 g/mol. The van der Waals surface area contributed by atoms with Gasteiger partial charge in [-0.3, -0.25) is 0 Å². The fraction of sp³-hybridized carbons (Fsp3) is 0.400. The average Bonchev–Trinajstić information content (AvgIpc) is 2.43. The average molecular weight is 244 g/mol. The Morgan fingerprint density at radius 2 is 1.83 bits per heavy atom. The number of nitrogens with zero attached hydrogens (tertiary/aromatic N) is 1. The molecule has 0 radical (unpaired) electrons. The Bertz CT molecular complexity index is 479. The lowest BCUT2D eigenvalue weighted by Gasteiger charge is -2.08. The Hall–Kier alpha value is -1.61. The van der Waals surface area contributed by atoms with Crippen LogP contribution in [-0.4, -0.2) is 23.2 Å². The zero-order chi connectivity index (χ0) is 12.6. The number of unbranched alkanes of at least 4 members (excludes halogenated alkanes) is 3. The van der Waals surface area contributed by atoms with Crippen molar-refractivity contribution in [3.05, 3.63) is 36.5 Å². The molecule has 3 nitrogen and oxygen atoms in total. The Kier molecular flexibility index (Phi) is 4.97. The van der Waals surface area contributed by atoms with E-state index in [1.807, 2.05) is 24.4 Å². The second kappa shape index (κ2) is 6.97. The van der Waals surface area contributed by atoms with E-state index in [4.69, 9.17) is 5.11 Å². The van der Waals surface area contributed by atoms with E-state index in [0.717, 1.165) is 38.0 Å². The van der Waals surface area contributed by atoms with Crippen LogP contribution >= 0.6 is 0 Å². The van der Waals surface area contributed by atoms with Crippen LogP contribution in [-0.2, 0) is 0 Å². The topological polar surface area (TPSA) is 45.1 Å². The summed E-state index contributed by atoms with van der Waals surface area (Å²) >= 11 is 0. The number of rotatable bonds is 7. The van der Waals surface area contributed by atoms with Crippen LogP contribution in [0.25, 0.3) is 10.8 Å². The van der Waals surface area contributed by atoms with Gasteiger partial charge in [0, 0.05) is 24.7 Å². The summed E-state index contributed by atoms with van der Waals surface area (Å²) in [4.78, 5) is 4.39. The van der Waals surface area contributed by atoms with Crippen molar-refractivity contribution in [2.24, 2.45) is 0 Å². The van der Waals surface area contributed by atoms with E-state index >= 15 is 0 Å². The molecular formula is C15H20N2O. The Morgan fingerprint density at radius 3 is 2.72 bits per heavy atom. The van der Waals surface area contributed by atoms with Gasteiger partial charge in [0.2, 0.25) is 0 Å². The highest BCUT2D eigenvalue weighted by molar-refractivity contribution is 5.91. The third kappa shape index (κ3) is 3.44. The maximum absolute atomic E-state index is 8.69. The normalized spacial score (nSPS) is 10.7. The molecule has 1 aromatic heterocycles. The molecule has 2 aromatic rings. The Balaban J connectivity index is 1.88. The second-order valence-corrected chi connectivity index (χ2v) is 4.45. The van der Waals surface area contributed by atoms with Crippen LogP contribution in [0.4, 0.5) is 5.82 Å². The molecule has 1 heterocycles. The van der Waals surface area contributed by atoms with Crippen molar-refractivity contribution in [1.29, 1.82) is 0 Å². The monoisotopic (exact) mass is 244 g/mol. The predicted molar refractivity (Wildman–Crippen MR) is 75.8 cm³/mol. The van der Waals surface area contributed by atoms with Crippen LogP contribution in [0.3, 0.4) is 0 Å². The lowest BCUT2D eigenvalue weighted by atomic mass is 10.1. The number of pyridine rings is 1. The molecule has 0 spiro atoms. The van der Waals surface area contributed by atoms with E-state index in [-0.39, 0.29) is 0 Å². The van der Waals surface area contributed by atoms with Crippen LogP contribution < -0.4 is 5.32 Å². The van der Waals surface area contributed by atoms with Gasteiger partial charge < -0.3 is 10.4 Å². The largest absolute Gasteiger partial charge is 0.396 e. The first-order valence-electron chi connectivity index (χ1n) is 6.60. The SMILES string of the molecule is OCCCCCCNc1nccc2ccccc12. The molecule has 0 fully saturated rings. The summed E-state index contributed by atoms with van der Waals surface area (Å²) in [6.45, 7) is 1.24. The first-order chi connectivity index (χ1) is 8.92. The summed E-state index contributed by atoms with van der Waals surface area (Å²) in [5, 5.41) is 14.5. The third-order valence-electron chi connectivity index (χ3n) is 3.05. The number of fused-ring (bicyclic) bond motifs is 1. The zero-order valence-corrected chi connectivity index (χ0v) is 10.6. The van der Waals surface area contributed by atoms with Gasteiger partial charge >= 0.3 is 0 Å². The number of benzene rings is 1. The van der Waals surface area contributed by atoms with Crippen molar-refractivity contribution in [3.63, 3.8) is 0 Å². The molecule has 1 aromatic carbocycles. The van der Waals surface area contributed by atoms with Gasteiger partial charge in [0.15, 0.2) is 0 Å². The molecule has 0 bridgehead atoms. The molecule has 0 atom stereocenters. The highest BCUT2D eigenvalue weighted by Crippen LogP contribution is 2.20. The Morgan fingerprint density at radius 1 is 1.00 bits per heavy atom. The first-order valence-corrected chi connectivity index (χ1v) is 6.60. The zero-order valence-electron chi connectivity index (χ0n) is 10.6. The second-order valence-electron chi connectivity index (χ2n) is 4.45. The van der Waals surface area contributed by atoms with Gasteiger partial charge in [-0.05, 0) is 24.3 Å². The van der Waals surface area contributed by atoms with Crippen molar-refractivity contribution >= 4 is 16.6 Å². The number of aromatic nitrogens is 1. The van der Waals surface area contributed by atoms with Crippen LogP contribution in [0, 0.1) is 0 Å². The van der Waals surface area contributed by atoms with Crippen molar-refractivity contribution in [3.8, 4) is 0 Å². The molecule has 3 heteroatoms. The highest BCUT2D eigenvalue weighted by atomic mass is 16.2. The smallest absolute Gasteiger partial charge is 0.133 e. The number of hydrogen-bond donors (Lipinski definition) is 2. The number of hydrogen-bond acceptors (Lipinski definition) is 3. The van der Waals surface area contributed by atoms with Crippen LogP contribution in [0.1, 0.15) is 25.7 Å². The Labute approximate surface area is 108 Å². The van der Waals surface area contributed by atoms with Crippen LogP contribution in [0.15, 0.2) is 36.5 Å². The maximum atomic E-state index is 8.69. The molecule has 96 valence electrons.